The van der Waals surface area contributed by atoms with Crippen molar-refractivity contribution in [3.8, 4) is 0 Å². The molecule has 0 saturated carbocycles. The lowest BCUT2D eigenvalue weighted by Gasteiger charge is -2.20. The molecular formula is C20H19NO2. The molecule has 0 unspecified atom stereocenters. The number of benzene rings is 2. The average molecular weight is 305 g/mol. The first-order valence-electron chi connectivity index (χ1n) is 8.10. The molecule has 3 nitrogen and oxygen atoms in total. The predicted molar refractivity (Wildman–Crippen MR) is 89.9 cm³/mol. The molecule has 0 N–H and O–H groups in total. The number of rotatable bonds is 2. The molecule has 2 aromatic carbocycles. The highest BCUT2D eigenvalue weighted by Gasteiger charge is 2.48. The van der Waals surface area contributed by atoms with Crippen molar-refractivity contribution in [1.29, 1.82) is 0 Å². The molecule has 0 spiro atoms. The fourth-order valence-corrected chi connectivity index (χ4v) is 3.90. The van der Waals surface area contributed by atoms with Gasteiger partial charge in [0.15, 0.2) is 5.78 Å². The van der Waals surface area contributed by atoms with Gasteiger partial charge in [-0.05, 0) is 31.9 Å². The van der Waals surface area contributed by atoms with Gasteiger partial charge in [-0.15, -0.1) is 0 Å². The van der Waals surface area contributed by atoms with Crippen LogP contribution in [0.3, 0.4) is 0 Å². The number of ketones is 1. The lowest BCUT2D eigenvalue weighted by atomic mass is 9.85. The van der Waals surface area contributed by atoms with Crippen LogP contribution in [-0.4, -0.2) is 17.7 Å². The minimum atomic E-state index is -0.237. The summed E-state index contributed by atoms with van der Waals surface area (Å²) >= 11 is 0. The van der Waals surface area contributed by atoms with Gasteiger partial charge in [0.2, 0.25) is 5.91 Å². The van der Waals surface area contributed by atoms with Crippen molar-refractivity contribution in [3.05, 3.63) is 64.7 Å². The van der Waals surface area contributed by atoms with Gasteiger partial charge in [0.1, 0.15) is 0 Å². The van der Waals surface area contributed by atoms with Crippen LogP contribution >= 0.6 is 0 Å². The zero-order valence-corrected chi connectivity index (χ0v) is 13.4. The number of carbonyl (C=O) groups excluding carboxylic acids is 2. The molecule has 0 aliphatic carbocycles. The second kappa shape index (κ2) is 5.05. The van der Waals surface area contributed by atoms with E-state index in [1.807, 2.05) is 55.1 Å². The molecule has 1 fully saturated rings. The fraction of sp³-hybridized carbons (Fsp3) is 0.300. The van der Waals surface area contributed by atoms with Gasteiger partial charge in [-0.2, -0.15) is 0 Å². The topological polar surface area (TPSA) is 37.4 Å². The number of hydrogen-bond donors (Lipinski definition) is 0. The normalized spacial score (nSPS) is 22.2. The monoisotopic (exact) mass is 305 g/mol. The molecular weight excluding hydrogens is 286 g/mol. The number of amides is 1. The summed E-state index contributed by atoms with van der Waals surface area (Å²) in [5.41, 5.74) is 4.93. The van der Waals surface area contributed by atoms with Crippen LogP contribution in [-0.2, 0) is 4.79 Å². The van der Waals surface area contributed by atoms with E-state index in [9.17, 15) is 9.59 Å². The third-order valence-electron chi connectivity index (χ3n) is 5.04. The maximum Gasteiger partial charge on any atom is 0.227 e. The van der Waals surface area contributed by atoms with Crippen LogP contribution in [0, 0.1) is 13.8 Å². The summed E-state index contributed by atoms with van der Waals surface area (Å²) in [6, 6.07) is 13.8. The Labute approximate surface area is 135 Å². The van der Waals surface area contributed by atoms with Crippen molar-refractivity contribution in [2.45, 2.75) is 38.6 Å². The van der Waals surface area contributed by atoms with Crippen molar-refractivity contribution in [1.82, 2.24) is 0 Å². The Morgan fingerprint density at radius 3 is 2.48 bits per heavy atom. The second-order valence-electron chi connectivity index (χ2n) is 6.64. The average Bonchev–Trinajstić information content (AvgIpc) is 3.05. The molecule has 0 aromatic heterocycles. The molecule has 2 atom stereocenters. The van der Waals surface area contributed by atoms with Gasteiger partial charge in [-0.25, -0.2) is 0 Å². The van der Waals surface area contributed by atoms with Gasteiger partial charge in [0.25, 0.3) is 0 Å². The second-order valence-corrected chi connectivity index (χ2v) is 6.64. The summed E-state index contributed by atoms with van der Waals surface area (Å²) in [5, 5.41) is 0. The third kappa shape index (κ3) is 2.11. The Morgan fingerprint density at radius 2 is 1.74 bits per heavy atom. The lowest BCUT2D eigenvalue weighted by Crippen LogP contribution is -2.33. The number of nitrogens with zero attached hydrogens (tertiary/aromatic N) is 1. The smallest absolute Gasteiger partial charge is 0.227 e. The molecule has 0 bridgehead atoms. The number of fused-ring (bicyclic) bond motifs is 3. The van der Waals surface area contributed by atoms with E-state index in [1.165, 1.54) is 0 Å². The summed E-state index contributed by atoms with van der Waals surface area (Å²) in [6.07, 6.45) is 1.30. The van der Waals surface area contributed by atoms with E-state index < -0.39 is 0 Å². The summed E-state index contributed by atoms with van der Waals surface area (Å²) in [5.74, 6) is 0.0254. The van der Waals surface area contributed by atoms with E-state index in [0.29, 0.717) is 6.42 Å². The molecule has 2 aliphatic heterocycles. The number of aryl methyl sites for hydroxylation is 2. The van der Waals surface area contributed by atoms with E-state index in [2.05, 4.69) is 6.07 Å². The van der Waals surface area contributed by atoms with E-state index in [1.54, 1.807) is 0 Å². The van der Waals surface area contributed by atoms with Crippen LogP contribution < -0.4 is 4.90 Å². The molecule has 2 aliphatic rings. The highest BCUT2D eigenvalue weighted by Crippen LogP contribution is 2.47. The molecule has 2 aromatic rings. The van der Waals surface area contributed by atoms with Crippen molar-refractivity contribution < 1.29 is 9.59 Å². The van der Waals surface area contributed by atoms with Gasteiger partial charge in [0.05, 0.1) is 12.0 Å². The zero-order valence-electron chi connectivity index (χ0n) is 13.4. The minimum Gasteiger partial charge on any atom is -0.308 e. The molecule has 2 heterocycles. The molecule has 116 valence electrons. The first kappa shape index (κ1) is 14.2. The largest absolute Gasteiger partial charge is 0.308 e. The Hall–Kier alpha value is -2.42. The fourth-order valence-electron chi connectivity index (χ4n) is 3.90. The SMILES string of the molecule is Cc1ccc(C(=O)[C@H]2c3cc(C)ccc3N3C(=O)CC[C@H]23)cc1. The van der Waals surface area contributed by atoms with E-state index >= 15 is 0 Å². The summed E-state index contributed by atoms with van der Waals surface area (Å²) in [4.78, 5) is 27.3. The van der Waals surface area contributed by atoms with Crippen LogP contribution in [0.4, 0.5) is 5.69 Å². The molecule has 1 amide bonds. The quantitative estimate of drug-likeness (QED) is 0.792. The van der Waals surface area contributed by atoms with Crippen LogP contribution in [0.5, 0.6) is 0 Å². The van der Waals surface area contributed by atoms with Gasteiger partial charge >= 0.3 is 0 Å². The maximum absolute atomic E-state index is 13.1. The van der Waals surface area contributed by atoms with Crippen molar-refractivity contribution in [2.75, 3.05) is 4.90 Å². The molecule has 23 heavy (non-hydrogen) atoms. The van der Waals surface area contributed by atoms with Crippen molar-refractivity contribution >= 4 is 17.4 Å². The molecule has 3 heteroatoms. The maximum atomic E-state index is 13.1. The standard InChI is InChI=1S/C20H19NO2/c1-12-3-6-14(7-4-12)20(23)19-15-11-13(2)5-8-16(15)21-17(19)9-10-18(21)22/h3-8,11,17,19H,9-10H2,1-2H3/t17-,19+/m1/s1. The number of carbonyl (C=O) groups is 2. The number of hydrogen-bond acceptors (Lipinski definition) is 2. The van der Waals surface area contributed by atoms with E-state index in [-0.39, 0.29) is 23.7 Å². The van der Waals surface area contributed by atoms with Crippen molar-refractivity contribution in [3.63, 3.8) is 0 Å². The minimum absolute atomic E-state index is 0.0203. The summed E-state index contributed by atoms with van der Waals surface area (Å²) < 4.78 is 0. The summed E-state index contributed by atoms with van der Waals surface area (Å²) in [6.45, 7) is 4.04. The van der Waals surface area contributed by atoms with Crippen LogP contribution in [0.15, 0.2) is 42.5 Å². The Balaban J connectivity index is 1.82. The number of anilines is 1. The zero-order chi connectivity index (χ0) is 16.1. The first-order valence-corrected chi connectivity index (χ1v) is 8.10. The van der Waals surface area contributed by atoms with Crippen LogP contribution in [0.25, 0.3) is 0 Å². The molecule has 0 radical (unpaired) electrons. The van der Waals surface area contributed by atoms with Crippen LogP contribution in [0.2, 0.25) is 0 Å². The third-order valence-corrected chi connectivity index (χ3v) is 5.04. The van der Waals surface area contributed by atoms with Crippen molar-refractivity contribution in [2.24, 2.45) is 0 Å². The lowest BCUT2D eigenvalue weighted by molar-refractivity contribution is -0.117. The highest BCUT2D eigenvalue weighted by molar-refractivity contribution is 6.08. The Bertz CT molecular complexity index is 807. The van der Waals surface area contributed by atoms with Gasteiger partial charge in [-0.3, -0.25) is 9.59 Å². The Morgan fingerprint density at radius 1 is 1.04 bits per heavy atom. The van der Waals surface area contributed by atoms with E-state index in [0.717, 1.165) is 34.4 Å². The van der Waals surface area contributed by atoms with Gasteiger partial charge in [-0.1, -0.05) is 47.5 Å². The highest BCUT2D eigenvalue weighted by atomic mass is 16.2. The van der Waals surface area contributed by atoms with E-state index in [4.69, 9.17) is 0 Å². The molecule has 4 rings (SSSR count). The van der Waals surface area contributed by atoms with Gasteiger partial charge in [0, 0.05) is 17.7 Å². The molecule has 1 saturated heterocycles. The first-order chi connectivity index (χ1) is 11.1. The number of Topliss-reactive ketones (excluding diaryl/α,β-unsaturated/α-hetero) is 1. The summed E-state index contributed by atoms with van der Waals surface area (Å²) in [7, 11) is 0. The van der Waals surface area contributed by atoms with Gasteiger partial charge < -0.3 is 4.90 Å². The van der Waals surface area contributed by atoms with Crippen LogP contribution in [0.1, 0.15) is 45.8 Å². The Kier molecular flexibility index (Phi) is 3.12. The predicted octanol–water partition coefficient (Wildman–Crippen LogP) is 3.78.